The molecular weight excluding hydrogens is 343 g/mol. The third-order valence-electron chi connectivity index (χ3n) is 3.73. The van der Waals surface area contributed by atoms with Crippen LogP contribution in [-0.2, 0) is 0 Å². The number of halogens is 1. The molecule has 8 heteroatoms. The first kappa shape index (κ1) is 15.6. The first-order chi connectivity index (χ1) is 12.1. The lowest BCUT2D eigenvalue weighted by Gasteiger charge is -2.33. The average molecular weight is 356 g/mol. The second-order valence-corrected chi connectivity index (χ2v) is 6.44. The van der Waals surface area contributed by atoms with Crippen molar-refractivity contribution >= 4 is 22.9 Å². The zero-order chi connectivity index (χ0) is 17.4. The highest BCUT2D eigenvalue weighted by Crippen LogP contribution is 2.35. The molecule has 1 aliphatic rings. The summed E-state index contributed by atoms with van der Waals surface area (Å²) in [5.41, 5.74) is 1.47. The van der Waals surface area contributed by atoms with Gasteiger partial charge in [-0.05, 0) is 19.1 Å². The summed E-state index contributed by atoms with van der Waals surface area (Å²) in [4.78, 5) is 27.1. The Kier molecular flexibility index (Phi) is 3.89. The Morgan fingerprint density at radius 1 is 1.40 bits per heavy atom. The van der Waals surface area contributed by atoms with E-state index in [4.69, 9.17) is 4.74 Å². The molecule has 0 spiro atoms. The Morgan fingerprint density at radius 2 is 2.28 bits per heavy atom. The summed E-state index contributed by atoms with van der Waals surface area (Å²) in [7, 11) is 0. The maximum Gasteiger partial charge on any atom is 0.278 e. The predicted molar refractivity (Wildman–Crippen MR) is 91.3 cm³/mol. The van der Waals surface area contributed by atoms with Crippen molar-refractivity contribution in [3.63, 3.8) is 0 Å². The van der Waals surface area contributed by atoms with Gasteiger partial charge in [0.25, 0.3) is 5.91 Å². The van der Waals surface area contributed by atoms with E-state index in [1.165, 1.54) is 23.5 Å². The molecule has 1 amide bonds. The molecule has 0 saturated carbocycles. The predicted octanol–water partition coefficient (Wildman–Crippen LogP) is 3.17. The molecule has 1 aliphatic heterocycles. The van der Waals surface area contributed by atoms with Crippen LogP contribution in [0.1, 0.15) is 17.4 Å². The summed E-state index contributed by atoms with van der Waals surface area (Å²) in [6.07, 6.45) is 4.51. The Labute approximate surface area is 146 Å². The third kappa shape index (κ3) is 2.96. The molecule has 3 heterocycles. The number of nitrogens with zero attached hydrogens (tertiary/aromatic N) is 4. The van der Waals surface area contributed by atoms with Crippen LogP contribution in [0.4, 0.5) is 10.1 Å². The van der Waals surface area contributed by atoms with Gasteiger partial charge in [0.05, 0.1) is 18.4 Å². The first-order valence-electron chi connectivity index (χ1n) is 7.62. The third-order valence-corrected chi connectivity index (χ3v) is 4.60. The number of fused-ring (bicyclic) bond motifs is 1. The lowest BCUT2D eigenvalue weighted by molar-refractivity contribution is 0.0957. The lowest BCUT2D eigenvalue weighted by atomic mass is 10.2. The number of benzene rings is 1. The fourth-order valence-corrected chi connectivity index (χ4v) is 3.40. The van der Waals surface area contributed by atoms with Gasteiger partial charge in [0, 0.05) is 23.8 Å². The Hall–Kier alpha value is -2.87. The Morgan fingerprint density at radius 3 is 3.08 bits per heavy atom. The van der Waals surface area contributed by atoms with Gasteiger partial charge in [-0.25, -0.2) is 9.37 Å². The SMILES string of the molecule is CC1CN(C(=O)c2csc(-c3cnccn3)n2)c2ccc(F)cc2O1. The average Bonchev–Trinajstić information content (AvgIpc) is 3.11. The Balaban J connectivity index is 1.67. The van der Waals surface area contributed by atoms with Crippen molar-refractivity contribution in [2.45, 2.75) is 13.0 Å². The van der Waals surface area contributed by atoms with E-state index in [0.29, 0.717) is 34.4 Å². The molecule has 3 aromatic rings. The van der Waals surface area contributed by atoms with Gasteiger partial charge in [0.2, 0.25) is 0 Å². The molecule has 25 heavy (non-hydrogen) atoms. The molecule has 1 aromatic carbocycles. The maximum absolute atomic E-state index is 13.5. The van der Waals surface area contributed by atoms with Crippen LogP contribution in [-0.4, -0.2) is 33.5 Å². The molecule has 126 valence electrons. The quantitative estimate of drug-likeness (QED) is 0.705. The highest BCUT2D eigenvalue weighted by Gasteiger charge is 2.30. The highest BCUT2D eigenvalue weighted by molar-refractivity contribution is 7.13. The fraction of sp³-hybridized carbons (Fsp3) is 0.176. The van der Waals surface area contributed by atoms with Crippen LogP contribution in [0.5, 0.6) is 5.75 Å². The summed E-state index contributed by atoms with van der Waals surface area (Å²) < 4.78 is 19.1. The van der Waals surface area contributed by atoms with E-state index in [-0.39, 0.29) is 12.0 Å². The smallest absolute Gasteiger partial charge is 0.278 e. The topological polar surface area (TPSA) is 68.2 Å². The number of rotatable bonds is 2. The first-order valence-corrected chi connectivity index (χ1v) is 8.50. The minimum Gasteiger partial charge on any atom is -0.487 e. The molecule has 0 saturated heterocycles. The molecule has 0 fully saturated rings. The van der Waals surface area contributed by atoms with Gasteiger partial charge in [-0.1, -0.05) is 0 Å². The number of aromatic nitrogens is 3. The molecular formula is C17H13FN4O2S. The number of hydrogen-bond acceptors (Lipinski definition) is 6. The van der Waals surface area contributed by atoms with Crippen molar-refractivity contribution in [3.05, 3.63) is 53.7 Å². The molecule has 0 bridgehead atoms. The molecule has 0 aliphatic carbocycles. The van der Waals surface area contributed by atoms with Crippen molar-refractivity contribution < 1.29 is 13.9 Å². The zero-order valence-corrected chi connectivity index (χ0v) is 14.0. The van der Waals surface area contributed by atoms with Gasteiger partial charge in [-0.3, -0.25) is 19.7 Å². The van der Waals surface area contributed by atoms with Crippen molar-refractivity contribution in [1.29, 1.82) is 0 Å². The molecule has 6 nitrogen and oxygen atoms in total. The van der Waals surface area contributed by atoms with E-state index >= 15 is 0 Å². The molecule has 0 radical (unpaired) electrons. The summed E-state index contributed by atoms with van der Waals surface area (Å²) in [6, 6.07) is 4.15. The van der Waals surface area contributed by atoms with Gasteiger partial charge in [-0.15, -0.1) is 11.3 Å². The molecule has 1 atom stereocenters. The molecule has 4 rings (SSSR count). The number of thiazole rings is 1. The number of anilines is 1. The normalized spacial score (nSPS) is 16.2. The van der Waals surface area contributed by atoms with Crippen LogP contribution in [0, 0.1) is 5.82 Å². The number of carbonyl (C=O) groups excluding carboxylic acids is 1. The van der Waals surface area contributed by atoms with E-state index in [1.807, 2.05) is 6.92 Å². The number of amides is 1. The standard InChI is InChI=1S/C17H13FN4O2S/c1-10-8-22(14-3-2-11(18)6-15(14)24-10)17(23)13-9-25-16(21-13)12-7-19-4-5-20-12/h2-7,9-10H,8H2,1H3. The van der Waals surface area contributed by atoms with Crippen LogP contribution < -0.4 is 9.64 Å². The number of ether oxygens (including phenoxy) is 1. The molecule has 0 N–H and O–H groups in total. The van der Waals surface area contributed by atoms with Crippen LogP contribution in [0.2, 0.25) is 0 Å². The van der Waals surface area contributed by atoms with Crippen molar-refractivity contribution in [3.8, 4) is 16.5 Å². The second kappa shape index (κ2) is 6.21. The van der Waals surface area contributed by atoms with Crippen LogP contribution in [0.3, 0.4) is 0 Å². The fourth-order valence-electron chi connectivity index (χ4n) is 2.64. The number of carbonyl (C=O) groups is 1. The van der Waals surface area contributed by atoms with E-state index in [9.17, 15) is 9.18 Å². The van der Waals surface area contributed by atoms with Crippen LogP contribution in [0.25, 0.3) is 10.7 Å². The van der Waals surface area contributed by atoms with E-state index in [0.717, 1.165) is 0 Å². The summed E-state index contributed by atoms with van der Waals surface area (Å²) in [6.45, 7) is 2.20. The highest BCUT2D eigenvalue weighted by atomic mass is 32.1. The van der Waals surface area contributed by atoms with Gasteiger partial charge >= 0.3 is 0 Å². The van der Waals surface area contributed by atoms with Gasteiger partial charge in [-0.2, -0.15) is 0 Å². The van der Waals surface area contributed by atoms with Crippen molar-refractivity contribution in [1.82, 2.24) is 15.0 Å². The van der Waals surface area contributed by atoms with Crippen molar-refractivity contribution in [2.24, 2.45) is 0 Å². The van der Waals surface area contributed by atoms with Crippen LogP contribution in [0.15, 0.2) is 42.2 Å². The summed E-state index contributed by atoms with van der Waals surface area (Å²) in [5.74, 6) is -0.301. The van der Waals surface area contributed by atoms with Gasteiger partial charge < -0.3 is 4.74 Å². The van der Waals surface area contributed by atoms with Crippen molar-refractivity contribution in [2.75, 3.05) is 11.4 Å². The second-order valence-electron chi connectivity index (χ2n) is 5.58. The summed E-state index contributed by atoms with van der Waals surface area (Å²) in [5, 5.41) is 2.31. The van der Waals surface area contributed by atoms with E-state index in [2.05, 4.69) is 15.0 Å². The zero-order valence-electron chi connectivity index (χ0n) is 13.2. The van der Waals surface area contributed by atoms with Crippen LogP contribution >= 0.6 is 11.3 Å². The molecule has 1 unspecified atom stereocenters. The van der Waals surface area contributed by atoms with Gasteiger partial charge in [0.1, 0.15) is 34.1 Å². The van der Waals surface area contributed by atoms with E-state index < -0.39 is 5.82 Å². The maximum atomic E-state index is 13.5. The lowest BCUT2D eigenvalue weighted by Crippen LogP contribution is -2.42. The monoisotopic (exact) mass is 356 g/mol. The molecule has 2 aromatic heterocycles. The number of hydrogen-bond donors (Lipinski definition) is 0. The van der Waals surface area contributed by atoms with Gasteiger partial charge in [0.15, 0.2) is 0 Å². The van der Waals surface area contributed by atoms with E-state index in [1.54, 1.807) is 34.9 Å². The minimum atomic E-state index is -0.404. The summed E-state index contributed by atoms with van der Waals surface area (Å²) >= 11 is 1.33. The largest absolute Gasteiger partial charge is 0.487 e. The minimum absolute atomic E-state index is 0.239. The Bertz CT molecular complexity index is 931.